The zero-order valence-corrected chi connectivity index (χ0v) is 13.8. The van der Waals surface area contributed by atoms with E-state index >= 15 is 0 Å². The van der Waals surface area contributed by atoms with E-state index in [1.165, 1.54) is 0 Å². The summed E-state index contributed by atoms with van der Waals surface area (Å²) in [4.78, 5) is 29.3. The monoisotopic (exact) mass is 341 g/mol. The Morgan fingerprint density at radius 3 is 2.62 bits per heavy atom. The molecule has 26 heavy (non-hydrogen) atoms. The van der Waals surface area contributed by atoms with Crippen LogP contribution in [0.5, 0.6) is 0 Å². The van der Waals surface area contributed by atoms with Gasteiger partial charge < -0.3 is 5.32 Å². The van der Waals surface area contributed by atoms with Crippen molar-refractivity contribution in [2.75, 3.05) is 0 Å². The largest absolute Gasteiger partial charge is 0.348 e. The third kappa shape index (κ3) is 3.39. The molecule has 0 atom stereocenters. The molecule has 1 amide bonds. The highest BCUT2D eigenvalue weighted by Gasteiger charge is 2.08. The molecule has 0 saturated carbocycles. The van der Waals surface area contributed by atoms with Gasteiger partial charge in [-0.25, -0.2) is 0 Å². The molecule has 6 heteroatoms. The lowest BCUT2D eigenvalue weighted by Gasteiger charge is -2.07. The van der Waals surface area contributed by atoms with Crippen LogP contribution in [0.1, 0.15) is 15.9 Å². The van der Waals surface area contributed by atoms with E-state index in [9.17, 15) is 4.79 Å². The number of amides is 1. The van der Waals surface area contributed by atoms with Crippen molar-refractivity contribution < 1.29 is 4.79 Å². The lowest BCUT2D eigenvalue weighted by atomic mass is 10.1. The fourth-order valence-corrected chi connectivity index (χ4v) is 2.65. The van der Waals surface area contributed by atoms with Gasteiger partial charge in [-0.3, -0.25) is 24.7 Å². The summed E-state index contributed by atoms with van der Waals surface area (Å²) in [5, 5.41) is 2.93. The van der Waals surface area contributed by atoms with E-state index in [-0.39, 0.29) is 5.91 Å². The third-order valence-electron chi connectivity index (χ3n) is 3.97. The van der Waals surface area contributed by atoms with E-state index in [0.717, 1.165) is 22.3 Å². The topological polar surface area (TPSA) is 80.7 Å². The second kappa shape index (κ2) is 7.06. The molecule has 6 nitrogen and oxygen atoms in total. The molecule has 0 saturated heterocycles. The zero-order chi connectivity index (χ0) is 17.8. The third-order valence-corrected chi connectivity index (χ3v) is 3.97. The molecule has 0 bridgehead atoms. The maximum atomic E-state index is 12.4. The van der Waals surface area contributed by atoms with Gasteiger partial charge in [0.05, 0.1) is 16.7 Å². The van der Waals surface area contributed by atoms with Crippen LogP contribution in [0.25, 0.3) is 22.3 Å². The van der Waals surface area contributed by atoms with Gasteiger partial charge in [-0.2, -0.15) is 0 Å². The summed E-state index contributed by atoms with van der Waals surface area (Å²) in [7, 11) is 0. The van der Waals surface area contributed by atoms with E-state index in [0.29, 0.717) is 17.6 Å². The van der Waals surface area contributed by atoms with E-state index in [1.807, 2.05) is 24.3 Å². The average Bonchev–Trinajstić information content (AvgIpc) is 2.72. The molecule has 0 aliphatic heterocycles. The molecule has 0 aliphatic rings. The zero-order valence-electron chi connectivity index (χ0n) is 13.8. The summed E-state index contributed by atoms with van der Waals surface area (Å²) in [5.41, 5.74) is 4.74. The lowest BCUT2D eigenvalue weighted by Crippen LogP contribution is -2.22. The summed E-state index contributed by atoms with van der Waals surface area (Å²) in [6, 6.07) is 12.9. The van der Waals surface area contributed by atoms with Crippen LogP contribution < -0.4 is 5.32 Å². The van der Waals surface area contributed by atoms with Crippen molar-refractivity contribution in [3.8, 4) is 11.3 Å². The van der Waals surface area contributed by atoms with Crippen LogP contribution in [-0.4, -0.2) is 25.8 Å². The lowest BCUT2D eigenvalue weighted by molar-refractivity contribution is 0.0951. The minimum absolute atomic E-state index is 0.155. The summed E-state index contributed by atoms with van der Waals surface area (Å²) in [5.74, 6) is -0.155. The molecule has 1 N–H and O–H groups in total. The molecule has 3 heterocycles. The maximum absolute atomic E-state index is 12.4. The first-order chi connectivity index (χ1) is 12.8. The van der Waals surface area contributed by atoms with Gasteiger partial charge in [0, 0.05) is 48.7 Å². The Morgan fingerprint density at radius 1 is 0.885 bits per heavy atom. The molecule has 4 rings (SSSR count). The SMILES string of the molecule is O=C(NCc1ccnc(-c2cccnc2)c1)c1ccc2nccnc2c1. The molecule has 0 fully saturated rings. The van der Waals surface area contributed by atoms with E-state index in [4.69, 9.17) is 0 Å². The summed E-state index contributed by atoms with van der Waals surface area (Å²) in [6.07, 6.45) is 8.46. The molecular formula is C20H15N5O. The van der Waals surface area contributed by atoms with E-state index < -0.39 is 0 Å². The van der Waals surface area contributed by atoms with Gasteiger partial charge in [0.25, 0.3) is 5.91 Å². The average molecular weight is 341 g/mol. The van der Waals surface area contributed by atoms with Crippen molar-refractivity contribution in [2.24, 2.45) is 0 Å². The van der Waals surface area contributed by atoms with E-state index in [1.54, 1.807) is 49.2 Å². The van der Waals surface area contributed by atoms with Crippen molar-refractivity contribution in [3.63, 3.8) is 0 Å². The minimum Gasteiger partial charge on any atom is -0.348 e. The number of carbonyl (C=O) groups excluding carboxylic acids is 1. The molecule has 126 valence electrons. The highest BCUT2D eigenvalue weighted by atomic mass is 16.1. The predicted molar refractivity (Wildman–Crippen MR) is 98.2 cm³/mol. The number of pyridine rings is 2. The molecule has 0 radical (unpaired) electrons. The first-order valence-corrected chi connectivity index (χ1v) is 8.14. The highest BCUT2D eigenvalue weighted by Crippen LogP contribution is 2.16. The number of benzene rings is 1. The maximum Gasteiger partial charge on any atom is 0.251 e. The van der Waals surface area contributed by atoms with Crippen LogP contribution in [0.15, 0.2) is 73.4 Å². The van der Waals surface area contributed by atoms with Gasteiger partial charge in [-0.05, 0) is 48.0 Å². The second-order valence-electron chi connectivity index (χ2n) is 5.73. The highest BCUT2D eigenvalue weighted by molar-refractivity contribution is 5.97. The summed E-state index contributed by atoms with van der Waals surface area (Å²) < 4.78 is 0. The Morgan fingerprint density at radius 2 is 1.77 bits per heavy atom. The van der Waals surface area contributed by atoms with Gasteiger partial charge in [0.1, 0.15) is 0 Å². The Bertz CT molecular complexity index is 1070. The molecule has 3 aromatic heterocycles. The Balaban J connectivity index is 1.49. The Kier molecular flexibility index (Phi) is 4.30. The van der Waals surface area contributed by atoms with Crippen LogP contribution in [-0.2, 0) is 6.54 Å². The molecule has 4 aromatic rings. The quantitative estimate of drug-likeness (QED) is 0.617. The van der Waals surface area contributed by atoms with Gasteiger partial charge in [-0.1, -0.05) is 0 Å². The van der Waals surface area contributed by atoms with Crippen molar-refractivity contribution >= 4 is 16.9 Å². The van der Waals surface area contributed by atoms with Gasteiger partial charge >= 0.3 is 0 Å². The van der Waals surface area contributed by atoms with Crippen molar-refractivity contribution in [2.45, 2.75) is 6.54 Å². The molecule has 0 aliphatic carbocycles. The van der Waals surface area contributed by atoms with Crippen LogP contribution in [0.3, 0.4) is 0 Å². The number of fused-ring (bicyclic) bond motifs is 1. The number of carbonyl (C=O) groups is 1. The normalized spacial score (nSPS) is 10.6. The van der Waals surface area contributed by atoms with E-state index in [2.05, 4.69) is 25.3 Å². The molecular weight excluding hydrogens is 326 g/mol. The minimum atomic E-state index is -0.155. The first-order valence-electron chi connectivity index (χ1n) is 8.14. The van der Waals surface area contributed by atoms with Gasteiger partial charge in [0.2, 0.25) is 0 Å². The van der Waals surface area contributed by atoms with Crippen LogP contribution in [0.4, 0.5) is 0 Å². The predicted octanol–water partition coefficient (Wildman–Crippen LogP) is 3.02. The number of nitrogens with zero attached hydrogens (tertiary/aromatic N) is 4. The number of aromatic nitrogens is 4. The molecule has 1 aromatic carbocycles. The Hall–Kier alpha value is -3.67. The first kappa shape index (κ1) is 15.8. The summed E-state index contributed by atoms with van der Waals surface area (Å²) >= 11 is 0. The van der Waals surface area contributed by atoms with Crippen LogP contribution in [0, 0.1) is 0 Å². The fraction of sp³-hybridized carbons (Fsp3) is 0.0500. The summed E-state index contributed by atoms with van der Waals surface area (Å²) in [6.45, 7) is 0.410. The fourth-order valence-electron chi connectivity index (χ4n) is 2.65. The number of hydrogen-bond acceptors (Lipinski definition) is 5. The number of nitrogens with one attached hydrogen (secondary N) is 1. The molecule has 0 spiro atoms. The van der Waals surface area contributed by atoms with Gasteiger partial charge in [-0.15, -0.1) is 0 Å². The molecule has 0 unspecified atom stereocenters. The van der Waals surface area contributed by atoms with Crippen molar-refractivity contribution in [1.82, 2.24) is 25.3 Å². The Labute approximate surface area is 150 Å². The second-order valence-corrected chi connectivity index (χ2v) is 5.73. The van der Waals surface area contributed by atoms with Crippen LogP contribution >= 0.6 is 0 Å². The van der Waals surface area contributed by atoms with Crippen molar-refractivity contribution in [3.05, 3.63) is 84.6 Å². The van der Waals surface area contributed by atoms with Gasteiger partial charge in [0.15, 0.2) is 0 Å². The van der Waals surface area contributed by atoms with Crippen molar-refractivity contribution in [1.29, 1.82) is 0 Å². The number of hydrogen-bond donors (Lipinski definition) is 1. The van der Waals surface area contributed by atoms with Crippen LogP contribution in [0.2, 0.25) is 0 Å². The number of rotatable bonds is 4. The standard InChI is InChI=1S/C20H15N5O/c26-20(15-3-4-17-19(11-15)24-9-8-23-17)25-12-14-5-7-22-18(10-14)16-2-1-6-21-13-16/h1-11,13H,12H2,(H,25,26). The smallest absolute Gasteiger partial charge is 0.251 e.